The minimum atomic E-state index is -0.311. The normalized spacial score (nSPS) is 18.6. The number of halogens is 1. The van der Waals surface area contributed by atoms with Crippen molar-refractivity contribution in [3.63, 3.8) is 0 Å². The van der Waals surface area contributed by atoms with Crippen molar-refractivity contribution in [2.75, 3.05) is 5.32 Å². The molecule has 3 aromatic rings. The van der Waals surface area contributed by atoms with Crippen LogP contribution in [0.3, 0.4) is 0 Å². The van der Waals surface area contributed by atoms with E-state index in [4.69, 9.17) is 11.6 Å². The Morgan fingerprint density at radius 1 is 1.15 bits per heavy atom. The number of nitrogens with zero attached hydrogens (tertiary/aromatic N) is 1. The number of aliphatic hydroxyl groups excluding tert-OH is 1. The van der Waals surface area contributed by atoms with Crippen LogP contribution in [-0.4, -0.2) is 27.0 Å². The highest BCUT2D eigenvalue weighted by Gasteiger charge is 2.23. The number of ketones is 1. The fourth-order valence-electron chi connectivity index (χ4n) is 4.58. The lowest BCUT2D eigenvalue weighted by atomic mass is 9.87. The Bertz CT molecular complexity index is 1180. The molecule has 0 saturated heterocycles. The van der Waals surface area contributed by atoms with Crippen molar-refractivity contribution in [3.8, 4) is 16.9 Å². The second-order valence-corrected chi connectivity index (χ2v) is 9.93. The van der Waals surface area contributed by atoms with Gasteiger partial charge in [-0.15, -0.1) is 0 Å². The van der Waals surface area contributed by atoms with Gasteiger partial charge in [-0.25, -0.2) is 0 Å². The van der Waals surface area contributed by atoms with Crippen LogP contribution in [0.5, 0.6) is 5.75 Å². The molecule has 1 aliphatic rings. The maximum Gasteiger partial charge on any atom is 0.169 e. The molecule has 0 aliphatic heterocycles. The minimum Gasteiger partial charge on any atom is -0.506 e. The highest BCUT2D eigenvalue weighted by atomic mass is 35.5. The lowest BCUT2D eigenvalue weighted by Gasteiger charge is -2.29. The van der Waals surface area contributed by atoms with Gasteiger partial charge in [0.2, 0.25) is 0 Å². The van der Waals surface area contributed by atoms with Crippen LogP contribution in [0.4, 0.5) is 5.69 Å². The molecule has 1 saturated carbocycles. The van der Waals surface area contributed by atoms with Gasteiger partial charge < -0.3 is 15.5 Å². The Hall–Kier alpha value is -2.63. The van der Waals surface area contributed by atoms with Crippen molar-refractivity contribution in [1.82, 2.24) is 4.98 Å². The van der Waals surface area contributed by atoms with E-state index >= 15 is 0 Å². The molecule has 1 aromatic heterocycles. The number of carbonyl (C=O) groups excluding carboxylic acids is 1. The number of nitrogens with one attached hydrogen (secondary N) is 1. The summed E-state index contributed by atoms with van der Waals surface area (Å²) < 4.78 is 0. The molecule has 0 spiro atoms. The van der Waals surface area contributed by atoms with Gasteiger partial charge in [0.1, 0.15) is 5.75 Å². The van der Waals surface area contributed by atoms with Crippen LogP contribution in [0.25, 0.3) is 22.0 Å². The number of hydrogen-bond donors (Lipinski definition) is 3. The Morgan fingerprint density at radius 2 is 1.88 bits per heavy atom. The van der Waals surface area contributed by atoms with E-state index in [1.807, 2.05) is 32.0 Å². The first-order valence-corrected chi connectivity index (χ1v) is 12.0. The van der Waals surface area contributed by atoms with Crippen molar-refractivity contribution in [2.24, 2.45) is 11.8 Å². The zero-order chi connectivity index (χ0) is 23.7. The topological polar surface area (TPSA) is 82.5 Å². The molecule has 3 N–H and O–H groups in total. The minimum absolute atomic E-state index is 0.0664. The highest BCUT2D eigenvalue weighted by molar-refractivity contribution is 6.32. The molecular weight excluding hydrogens is 436 g/mol. The summed E-state index contributed by atoms with van der Waals surface area (Å²) in [6, 6.07) is 9.62. The molecule has 0 bridgehead atoms. The number of hydrogen-bond acceptors (Lipinski definition) is 5. The van der Waals surface area contributed by atoms with Gasteiger partial charge in [-0.05, 0) is 67.0 Å². The number of rotatable bonds is 6. The van der Waals surface area contributed by atoms with E-state index in [0.29, 0.717) is 17.2 Å². The van der Waals surface area contributed by atoms with Crippen molar-refractivity contribution < 1.29 is 15.0 Å². The molecule has 0 radical (unpaired) electrons. The lowest BCUT2D eigenvalue weighted by molar-refractivity contribution is 0.0940. The van der Waals surface area contributed by atoms with E-state index < -0.39 is 0 Å². The molecule has 4 rings (SSSR count). The standard InChI is InChI=1S/C27H31ClN2O3/c1-15(2)26(32)22-13-29-24-9-6-17(18-10-19(14-31)27(33)23(28)12-18)11-21(24)25(22)30-20-7-4-16(3)5-8-20/h6,9-13,15-16,20,31,33H,4-5,7-8,14H2,1-3H3,(H,29,30)/t16-,20-. The summed E-state index contributed by atoms with van der Waals surface area (Å²) >= 11 is 6.21. The number of aromatic nitrogens is 1. The monoisotopic (exact) mass is 466 g/mol. The van der Waals surface area contributed by atoms with Crippen LogP contribution in [-0.2, 0) is 6.61 Å². The molecule has 0 amide bonds. The number of carbonyl (C=O) groups is 1. The van der Waals surface area contributed by atoms with Crippen LogP contribution < -0.4 is 5.32 Å². The molecule has 1 aliphatic carbocycles. The Kier molecular flexibility index (Phi) is 6.91. The van der Waals surface area contributed by atoms with E-state index in [-0.39, 0.29) is 29.1 Å². The summed E-state index contributed by atoms with van der Waals surface area (Å²) in [6.45, 7) is 5.80. The predicted octanol–water partition coefficient (Wildman–Crippen LogP) is 6.58. The molecule has 1 heterocycles. The van der Waals surface area contributed by atoms with Crippen molar-refractivity contribution in [3.05, 3.63) is 52.7 Å². The third kappa shape index (κ3) is 4.85. The third-order valence-electron chi connectivity index (χ3n) is 6.67. The van der Waals surface area contributed by atoms with Gasteiger partial charge in [-0.2, -0.15) is 0 Å². The average molecular weight is 467 g/mol. The first-order valence-electron chi connectivity index (χ1n) is 11.6. The summed E-state index contributed by atoms with van der Waals surface area (Å²) in [5, 5.41) is 24.5. The van der Waals surface area contributed by atoms with Gasteiger partial charge in [0.05, 0.1) is 28.4 Å². The number of fused-ring (bicyclic) bond motifs is 1. The van der Waals surface area contributed by atoms with Crippen LogP contribution in [0.2, 0.25) is 5.02 Å². The lowest BCUT2D eigenvalue weighted by Crippen LogP contribution is -2.26. The van der Waals surface area contributed by atoms with E-state index in [9.17, 15) is 15.0 Å². The fraction of sp³-hybridized carbons (Fsp3) is 0.407. The van der Waals surface area contributed by atoms with Crippen LogP contribution in [0.1, 0.15) is 62.4 Å². The van der Waals surface area contributed by atoms with Crippen LogP contribution in [0, 0.1) is 11.8 Å². The second-order valence-electron chi connectivity index (χ2n) is 9.52. The van der Waals surface area contributed by atoms with E-state index in [1.165, 1.54) is 12.8 Å². The van der Waals surface area contributed by atoms with Crippen molar-refractivity contribution in [1.29, 1.82) is 0 Å². The van der Waals surface area contributed by atoms with Gasteiger partial charge in [-0.1, -0.05) is 38.4 Å². The second kappa shape index (κ2) is 9.70. The quantitative estimate of drug-likeness (QED) is 0.357. The Labute approximate surface area is 199 Å². The molecule has 174 valence electrons. The zero-order valence-electron chi connectivity index (χ0n) is 19.4. The number of aromatic hydroxyl groups is 1. The zero-order valence-corrected chi connectivity index (χ0v) is 20.1. The van der Waals surface area contributed by atoms with Gasteiger partial charge in [-0.3, -0.25) is 9.78 Å². The van der Waals surface area contributed by atoms with E-state index in [1.54, 1.807) is 18.3 Å². The maximum absolute atomic E-state index is 13.1. The molecular formula is C27H31ClN2O3. The average Bonchev–Trinajstić information content (AvgIpc) is 2.81. The Balaban J connectivity index is 1.85. The van der Waals surface area contributed by atoms with Crippen molar-refractivity contribution in [2.45, 2.75) is 59.1 Å². The highest BCUT2D eigenvalue weighted by Crippen LogP contribution is 2.37. The largest absolute Gasteiger partial charge is 0.506 e. The number of pyridine rings is 1. The molecule has 0 unspecified atom stereocenters. The maximum atomic E-state index is 13.1. The summed E-state index contributed by atoms with van der Waals surface area (Å²) in [5.41, 5.74) is 4.28. The van der Waals surface area contributed by atoms with E-state index in [2.05, 4.69) is 17.2 Å². The van der Waals surface area contributed by atoms with Crippen molar-refractivity contribution >= 4 is 34.0 Å². The summed E-state index contributed by atoms with van der Waals surface area (Å²) in [6.07, 6.45) is 6.20. The number of aliphatic hydroxyl groups is 1. The van der Waals surface area contributed by atoms with Gasteiger partial charge in [0.25, 0.3) is 0 Å². The smallest absolute Gasteiger partial charge is 0.169 e. The molecule has 0 atom stereocenters. The summed E-state index contributed by atoms with van der Waals surface area (Å²) in [7, 11) is 0. The SMILES string of the molecule is CC(C)C(=O)c1cnc2ccc(-c3cc(Cl)c(O)c(CO)c3)cc2c1N[C@H]1CC[C@H](C)CC1. The number of Topliss-reactive ketones (excluding diaryl/α,β-unsaturated/α-hetero) is 1. The Morgan fingerprint density at radius 3 is 2.55 bits per heavy atom. The van der Waals surface area contributed by atoms with Gasteiger partial charge >= 0.3 is 0 Å². The van der Waals surface area contributed by atoms with Gasteiger partial charge in [0, 0.05) is 29.1 Å². The number of benzene rings is 2. The predicted molar refractivity (Wildman–Crippen MR) is 134 cm³/mol. The van der Waals surface area contributed by atoms with Crippen LogP contribution >= 0.6 is 11.6 Å². The first kappa shape index (κ1) is 23.5. The molecule has 2 aromatic carbocycles. The summed E-state index contributed by atoms with van der Waals surface area (Å²) in [5.74, 6) is 0.559. The fourth-order valence-corrected chi connectivity index (χ4v) is 4.82. The number of phenols is 1. The summed E-state index contributed by atoms with van der Waals surface area (Å²) in [4.78, 5) is 17.7. The molecule has 1 fully saturated rings. The van der Waals surface area contributed by atoms with E-state index in [0.717, 1.165) is 46.5 Å². The third-order valence-corrected chi connectivity index (χ3v) is 6.96. The molecule has 5 nitrogen and oxygen atoms in total. The van der Waals surface area contributed by atoms with Crippen LogP contribution in [0.15, 0.2) is 36.5 Å². The first-order chi connectivity index (χ1) is 15.8. The molecule has 33 heavy (non-hydrogen) atoms. The van der Waals surface area contributed by atoms with Gasteiger partial charge in [0.15, 0.2) is 5.78 Å². The number of anilines is 1. The molecule has 6 heteroatoms.